The molecule has 1 rings (SSSR count). The van der Waals surface area contributed by atoms with Gasteiger partial charge in [-0.15, -0.1) is 12.3 Å². The zero-order valence-corrected chi connectivity index (χ0v) is 9.45. The average Bonchev–Trinajstić information content (AvgIpc) is 2.55. The first-order valence-electron chi connectivity index (χ1n) is 4.23. The number of allylic oxidation sites excluding steroid dienone is 1. The fraction of sp³-hybridized carbons (Fsp3) is 0.444. The summed E-state index contributed by atoms with van der Waals surface area (Å²) in [6.45, 7) is 6.02. The van der Waals surface area contributed by atoms with Crippen LogP contribution in [-0.2, 0) is 0 Å². The van der Waals surface area contributed by atoms with Gasteiger partial charge < -0.3 is 20.1 Å². The molecular weight excluding hydrogens is 218 g/mol. The molecule has 0 radical (unpaired) electrons. The van der Waals surface area contributed by atoms with Gasteiger partial charge in [-0.1, -0.05) is 25.2 Å². The second-order valence-electron chi connectivity index (χ2n) is 2.70. The third kappa shape index (κ3) is 7.92. The molecule has 15 heavy (non-hydrogen) atoms. The zero-order valence-electron chi connectivity index (χ0n) is 8.64. The number of rotatable bonds is 3. The van der Waals surface area contributed by atoms with E-state index in [1.807, 2.05) is 0 Å². The standard InChI is InChI=1S/C6H9NO3S.C3H6O/c1-2-6(8,9)10-5-7-3-4-11-5;1-3(2)4/h3-4,8-9H,2H2,1H3;4H,1H2,2H3/p-1. The van der Waals surface area contributed by atoms with Crippen LogP contribution in [0.2, 0.25) is 0 Å². The van der Waals surface area contributed by atoms with Crippen LogP contribution in [0.4, 0.5) is 0 Å². The van der Waals surface area contributed by atoms with Gasteiger partial charge in [0.25, 0.3) is 5.19 Å². The molecule has 0 bridgehead atoms. The lowest BCUT2D eigenvalue weighted by atomic mass is 10.4. The van der Waals surface area contributed by atoms with Gasteiger partial charge in [0.1, 0.15) is 0 Å². The molecule has 0 unspecified atom stereocenters. The first-order chi connectivity index (χ1) is 6.87. The van der Waals surface area contributed by atoms with Crippen LogP contribution in [0.5, 0.6) is 5.19 Å². The Bertz CT molecular complexity index is 280. The van der Waals surface area contributed by atoms with Gasteiger partial charge in [-0.2, -0.15) is 0 Å². The minimum atomic E-state index is -2.09. The van der Waals surface area contributed by atoms with Gasteiger partial charge in [-0.3, -0.25) is 0 Å². The van der Waals surface area contributed by atoms with Crippen LogP contribution >= 0.6 is 11.3 Å². The molecule has 2 N–H and O–H groups in total. The van der Waals surface area contributed by atoms with Crippen LogP contribution < -0.4 is 9.84 Å². The zero-order chi connectivity index (χ0) is 11.9. The average molecular weight is 232 g/mol. The van der Waals surface area contributed by atoms with Crippen LogP contribution in [0.25, 0.3) is 0 Å². The highest BCUT2D eigenvalue weighted by Gasteiger charge is 2.23. The molecule has 0 fully saturated rings. The van der Waals surface area contributed by atoms with E-state index in [4.69, 9.17) is 14.9 Å². The fourth-order valence-corrected chi connectivity index (χ4v) is 1.01. The molecule has 0 spiro atoms. The lowest BCUT2D eigenvalue weighted by Gasteiger charge is -2.18. The van der Waals surface area contributed by atoms with Gasteiger partial charge in [-0.05, 0) is 0 Å². The van der Waals surface area contributed by atoms with E-state index in [1.54, 1.807) is 12.3 Å². The minimum absolute atomic E-state index is 0.0833. The second-order valence-corrected chi connectivity index (χ2v) is 3.56. The first-order valence-corrected chi connectivity index (χ1v) is 5.11. The predicted octanol–water partition coefficient (Wildman–Crippen LogP) is 0.451. The molecule has 0 saturated carbocycles. The van der Waals surface area contributed by atoms with Crippen molar-refractivity contribution in [1.29, 1.82) is 0 Å². The molecule has 86 valence electrons. The second kappa shape index (κ2) is 6.39. The Morgan fingerprint density at radius 2 is 2.27 bits per heavy atom. The molecule has 6 heteroatoms. The van der Waals surface area contributed by atoms with E-state index in [1.165, 1.54) is 24.5 Å². The Balaban J connectivity index is 0.000000423. The molecule has 1 heterocycles. The smallest absolute Gasteiger partial charge is 0.323 e. The number of thiazole rings is 1. The Labute approximate surface area is 92.3 Å². The number of aromatic nitrogens is 1. The topological polar surface area (TPSA) is 85.6 Å². The third-order valence-corrected chi connectivity index (χ3v) is 1.77. The molecule has 5 nitrogen and oxygen atoms in total. The summed E-state index contributed by atoms with van der Waals surface area (Å²) >= 11 is 1.21. The maximum atomic E-state index is 9.33. The maximum absolute atomic E-state index is 9.33. The highest BCUT2D eigenvalue weighted by Crippen LogP contribution is 2.19. The summed E-state index contributed by atoms with van der Waals surface area (Å²) in [5, 5.41) is 29.3. The van der Waals surface area contributed by atoms with Gasteiger partial charge in [0.15, 0.2) is 0 Å². The highest BCUT2D eigenvalue weighted by molar-refractivity contribution is 7.11. The van der Waals surface area contributed by atoms with E-state index in [-0.39, 0.29) is 17.4 Å². The Morgan fingerprint density at radius 3 is 2.60 bits per heavy atom. The highest BCUT2D eigenvalue weighted by atomic mass is 32.1. The Hall–Kier alpha value is -1.11. The van der Waals surface area contributed by atoms with Crippen LogP contribution in [0.15, 0.2) is 23.9 Å². The van der Waals surface area contributed by atoms with Crippen molar-refractivity contribution in [2.75, 3.05) is 0 Å². The number of hydrogen-bond donors (Lipinski definition) is 2. The van der Waals surface area contributed by atoms with Crippen molar-refractivity contribution >= 4 is 11.3 Å². The number of aliphatic hydroxyl groups is 2. The molecule has 0 amide bonds. The Morgan fingerprint density at radius 1 is 1.73 bits per heavy atom. The summed E-state index contributed by atoms with van der Waals surface area (Å²) < 4.78 is 4.71. The van der Waals surface area contributed by atoms with E-state index in [0.29, 0.717) is 0 Å². The molecule has 1 aromatic rings. The number of ether oxygens (including phenoxy) is 1. The summed E-state index contributed by atoms with van der Waals surface area (Å²) in [6, 6.07) is 0. The molecule has 0 aromatic carbocycles. The predicted molar refractivity (Wildman–Crippen MR) is 55.0 cm³/mol. The summed E-state index contributed by atoms with van der Waals surface area (Å²) in [5.41, 5.74) is 0. The van der Waals surface area contributed by atoms with Crippen molar-refractivity contribution in [1.82, 2.24) is 4.98 Å². The summed E-state index contributed by atoms with van der Waals surface area (Å²) in [4.78, 5) is 3.73. The van der Waals surface area contributed by atoms with Crippen molar-refractivity contribution in [3.05, 3.63) is 23.9 Å². The molecule has 0 atom stereocenters. The summed E-state index contributed by atoms with van der Waals surface area (Å²) in [5.74, 6) is -2.17. The first kappa shape index (κ1) is 13.9. The molecule has 0 aliphatic rings. The van der Waals surface area contributed by atoms with Gasteiger partial charge >= 0.3 is 5.97 Å². The quantitative estimate of drug-likeness (QED) is 0.583. The largest absolute Gasteiger partial charge is 0.876 e. The molecule has 0 aliphatic carbocycles. The molecule has 0 saturated heterocycles. The van der Waals surface area contributed by atoms with E-state index >= 15 is 0 Å². The van der Waals surface area contributed by atoms with E-state index < -0.39 is 5.97 Å². The maximum Gasteiger partial charge on any atom is 0.323 e. The van der Waals surface area contributed by atoms with Gasteiger partial charge in [0.05, 0.1) is 0 Å². The summed E-state index contributed by atoms with van der Waals surface area (Å²) in [6.07, 6.45) is 1.64. The minimum Gasteiger partial charge on any atom is -0.876 e. The van der Waals surface area contributed by atoms with Gasteiger partial charge in [0, 0.05) is 18.0 Å². The normalized spacial score (nSPS) is 10.1. The summed E-state index contributed by atoms with van der Waals surface area (Å²) in [7, 11) is 0. The van der Waals surface area contributed by atoms with Crippen molar-refractivity contribution in [2.24, 2.45) is 0 Å². The number of nitrogens with zero attached hydrogens (tertiary/aromatic N) is 1. The third-order valence-electron chi connectivity index (χ3n) is 1.12. The lowest BCUT2D eigenvalue weighted by Crippen LogP contribution is -2.34. The van der Waals surface area contributed by atoms with Gasteiger partial charge in [0.2, 0.25) is 0 Å². The number of hydrogen-bond acceptors (Lipinski definition) is 6. The molecule has 0 aliphatic heterocycles. The monoisotopic (exact) mass is 232 g/mol. The fourth-order valence-electron chi connectivity index (χ4n) is 0.473. The van der Waals surface area contributed by atoms with E-state index in [9.17, 15) is 5.11 Å². The Kier molecular flexibility index (Phi) is 5.92. The van der Waals surface area contributed by atoms with Crippen molar-refractivity contribution < 1.29 is 20.1 Å². The lowest BCUT2D eigenvalue weighted by molar-refractivity contribution is -0.300. The van der Waals surface area contributed by atoms with Crippen LogP contribution in [0, 0.1) is 0 Å². The van der Waals surface area contributed by atoms with Crippen LogP contribution in [-0.4, -0.2) is 21.2 Å². The molecular formula is C9H14NO4S-. The van der Waals surface area contributed by atoms with Crippen LogP contribution in [0.1, 0.15) is 20.3 Å². The van der Waals surface area contributed by atoms with E-state index in [2.05, 4.69) is 11.6 Å². The van der Waals surface area contributed by atoms with Crippen LogP contribution in [0.3, 0.4) is 0 Å². The van der Waals surface area contributed by atoms with Crippen molar-refractivity contribution in [3.63, 3.8) is 0 Å². The van der Waals surface area contributed by atoms with E-state index in [0.717, 1.165) is 0 Å². The SMILES string of the molecule is C=C(C)[O-].CCC(O)(O)Oc1nccs1. The molecule has 1 aromatic heterocycles. The van der Waals surface area contributed by atoms with Crippen molar-refractivity contribution in [3.8, 4) is 5.19 Å². The van der Waals surface area contributed by atoms with Gasteiger partial charge in [-0.25, -0.2) is 4.98 Å². The van der Waals surface area contributed by atoms with Crippen molar-refractivity contribution in [2.45, 2.75) is 26.2 Å².